The molecule has 3 nitrogen and oxygen atoms in total. The van der Waals surface area contributed by atoms with Crippen LogP contribution in [0.1, 0.15) is 38.8 Å². The van der Waals surface area contributed by atoms with Crippen LogP contribution >= 0.6 is 61.5 Å². The Bertz CT molecular complexity index is 626. The zero-order valence-corrected chi connectivity index (χ0v) is 17.3. The highest BCUT2D eigenvalue weighted by atomic mass is 127. The summed E-state index contributed by atoms with van der Waals surface area (Å²) < 4.78 is 2.71. The average Bonchev–Trinajstić information content (AvgIpc) is 2.77. The second kappa shape index (κ2) is 7.57. The van der Waals surface area contributed by atoms with Gasteiger partial charge < -0.3 is 5.32 Å². The molecule has 2 rings (SSSR count). The summed E-state index contributed by atoms with van der Waals surface area (Å²) in [6.45, 7) is 7.34. The topological polar surface area (TPSA) is 37.8 Å². The summed E-state index contributed by atoms with van der Waals surface area (Å²) in [4.78, 5) is 10.4. The summed E-state index contributed by atoms with van der Waals surface area (Å²) in [5.74, 6) is 1.99. The van der Waals surface area contributed by atoms with E-state index in [4.69, 9.17) is 16.6 Å². The first kappa shape index (κ1) is 17.4. The quantitative estimate of drug-likeness (QED) is 0.499. The molecule has 0 radical (unpaired) electrons. The van der Waals surface area contributed by atoms with Crippen molar-refractivity contribution >= 4 is 67.3 Å². The molecule has 0 aliphatic heterocycles. The van der Waals surface area contributed by atoms with E-state index in [1.807, 2.05) is 6.07 Å². The number of anilines is 1. The van der Waals surface area contributed by atoms with E-state index < -0.39 is 0 Å². The zero-order valence-electron chi connectivity index (χ0n) is 12.0. The average molecular weight is 501 g/mol. The molecule has 0 aliphatic rings. The molecule has 0 bridgehead atoms. The fourth-order valence-electron chi connectivity index (χ4n) is 1.77. The lowest BCUT2D eigenvalue weighted by Crippen LogP contribution is -2.09. The number of nitrogens with one attached hydrogen (secondary N) is 1. The van der Waals surface area contributed by atoms with Gasteiger partial charge in [-0.3, -0.25) is 0 Å². The lowest BCUT2D eigenvalue weighted by atomic mass is 10.1. The molecule has 0 atom stereocenters. The van der Waals surface area contributed by atoms with Gasteiger partial charge in [-0.15, -0.1) is 11.3 Å². The molecular formula is C14H16BrClIN3S. The first-order valence-electron chi connectivity index (χ1n) is 6.70. The van der Waals surface area contributed by atoms with E-state index in [9.17, 15) is 0 Å². The highest BCUT2D eigenvalue weighted by molar-refractivity contribution is 14.1. The standard InChI is InChI=1S/C14H16BrClIN3S/c1-4-5-18-14-10(17)11(7(2)3)19-13(20-14)9-6-8(15)12(16)21-9/h6-7H,4-5H2,1-3H3,(H,18,19,20). The Hall–Kier alpha value is 0.0800. The monoisotopic (exact) mass is 499 g/mol. The molecule has 0 aromatic carbocycles. The molecule has 2 aromatic rings. The smallest absolute Gasteiger partial charge is 0.172 e. The third-order valence-electron chi connectivity index (χ3n) is 2.83. The van der Waals surface area contributed by atoms with Gasteiger partial charge in [-0.05, 0) is 56.9 Å². The molecule has 2 aromatic heterocycles. The molecule has 0 saturated heterocycles. The number of rotatable bonds is 5. The van der Waals surface area contributed by atoms with Crippen molar-refractivity contribution in [2.45, 2.75) is 33.1 Å². The molecular weight excluding hydrogens is 485 g/mol. The molecule has 0 saturated carbocycles. The van der Waals surface area contributed by atoms with E-state index in [0.29, 0.717) is 5.92 Å². The second-order valence-electron chi connectivity index (χ2n) is 4.91. The normalized spacial score (nSPS) is 11.2. The van der Waals surface area contributed by atoms with Crippen LogP contribution in [0.3, 0.4) is 0 Å². The molecule has 0 spiro atoms. The van der Waals surface area contributed by atoms with Crippen LogP contribution in [0.4, 0.5) is 5.82 Å². The molecule has 0 fully saturated rings. The Morgan fingerprint density at radius 1 is 1.43 bits per heavy atom. The van der Waals surface area contributed by atoms with Crippen LogP contribution in [-0.2, 0) is 0 Å². The lowest BCUT2D eigenvalue weighted by Gasteiger charge is -2.14. The van der Waals surface area contributed by atoms with E-state index in [0.717, 1.165) is 47.6 Å². The zero-order chi connectivity index (χ0) is 15.6. The summed E-state index contributed by atoms with van der Waals surface area (Å²) in [5, 5.41) is 3.39. The molecule has 7 heteroatoms. The van der Waals surface area contributed by atoms with E-state index >= 15 is 0 Å². The maximum absolute atomic E-state index is 6.14. The van der Waals surface area contributed by atoms with Crippen molar-refractivity contribution in [2.24, 2.45) is 0 Å². The Kier molecular flexibility index (Phi) is 6.28. The van der Waals surface area contributed by atoms with Crippen LogP contribution in [0, 0.1) is 3.57 Å². The number of hydrogen-bond acceptors (Lipinski definition) is 4. The Morgan fingerprint density at radius 2 is 2.14 bits per heavy atom. The lowest BCUT2D eigenvalue weighted by molar-refractivity contribution is 0.808. The predicted molar refractivity (Wildman–Crippen MR) is 104 cm³/mol. The molecule has 114 valence electrons. The van der Waals surface area contributed by atoms with Crippen LogP contribution in [0.15, 0.2) is 10.5 Å². The molecule has 0 unspecified atom stereocenters. The van der Waals surface area contributed by atoms with E-state index in [2.05, 4.69) is 69.6 Å². The van der Waals surface area contributed by atoms with Crippen LogP contribution in [-0.4, -0.2) is 16.5 Å². The van der Waals surface area contributed by atoms with Gasteiger partial charge >= 0.3 is 0 Å². The minimum Gasteiger partial charge on any atom is -0.369 e. The fraction of sp³-hybridized carbons (Fsp3) is 0.429. The van der Waals surface area contributed by atoms with Crippen molar-refractivity contribution in [2.75, 3.05) is 11.9 Å². The summed E-state index contributed by atoms with van der Waals surface area (Å²) in [5.41, 5.74) is 1.07. The van der Waals surface area contributed by atoms with Crippen molar-refractivity contribution in [3.63, 3.8) is 0 Å². The highest BCUT2D eigenvalue weighted by Crippen LogP contribution is 2.38. The van der Waals surface area contributed by atoms with Gasteiger partial charge in [0, 0.05) is 11.0 Å². The van der Waals surface area contributed by atoms with Gasteiger partial charge in [-0.2, -0.15) is 0 Å². The minimum absolute atomic E-state index is 0.347. The van der Waals surface area contributed by atoms with Gasteiger partial charge in [-0.1, -0.05) is 32.4 Å². The van der Waals surface area contributed by atoms with Crippen molar-refractivity contribution in [3.05, 3.63) is 24.1 Å². The van der Waals surface area contributed by atoms with Crippen molar-refractivity contribution in [1.29, 1.82) is 0 Å². The Balaban J connectivity index is 2.52. The maximum Gasteiger partial charge on any atom is 0.172 e. The Morgan fingerprint density at radius 3 is 2.67 bits per heavy atom. The van der Waals surface area contributed by atoms with E-state index in [-0.39, 0.29) is 0 Å². The number of nitrogens with zero attached hydrogens (tertiary/aromatic N) is 2. The van der Waals surface area contributed by atoms with Crippen molar-refractivity contribution < 1.29 is 0 Å². The number of thiophene rings is 1. The molecule has 21 heavy (non-hydrogen) atoms. The maximum atomic E-state index is 6.14. The van der Waals surface area contributed by atoms with Crippen molar-refractivity contribution in [1.82, 2.24) is 9.97 Å². The van der Waals surface area contributed by atoms with E-state index in [1.165, 1.54) is 11.3 Å². The molecule has 1 N–H and O–H groups in total. The van der Waals surface area contributed by atoms with E-state index in [1.54, 1.807) is 0 Å². The largest absolute Gasteiger partial charge is 0.369 e. The fourth-order valence-corrected chi connectivity index (χ4v) is 4.47. The highest BCUT2D eigenvalue weighted by Gasteiger charge is 2.17. The van der Waals surface area contributed by atoms with Gasteiger partial charge in [0.05, 0.1) is 14.1 Å². The predicted octanol–water partition coefficient (Wildman–Crippen LogP) is 6.17. The second-order valence-corrected chi connectivity index (χ2v) is 8.50. The first-order chi connectivity index (χ1) is 9.93. The van der Waals surface area contributed by atoms with Gasteiger partial charge in [0.15, 0.2) is 5.82 Å². The van der Waals surface area contributed by atoms with Crippen LogP contribution < -0.4 is 5.32 Å². The molecule has 0 amide bonds. The number of halogens is 3. The summed E-state index contributed by atoms with van der Waals surface area (Å²) in [6.07, 6.45) is 1.06. The van der Waals surface area contributed by atoms with Gasteiger partial charge in [0.2, 0.25) is 0 Å². The van der Waals surface area contributed by atoms with Crippen LogP contribution in [0.25, 0.3) is 10.7 Å². The SMILES string of the molecule is CCCNc1nc(-c2cc(Br)c(Cl)s2)nc(C(C)C)c1I. The number of aromatic nitrogens is 2. The molecule has 0 aliphatic carbocycles. The van der Waals surface area contributed by atoms with Crippen LogP contribution in [0.5, 0.6) is 0 Å². The van der Waals surface area contributed by atoms with Crippen molar-refractivity contribution in [3.8, 4) is 10.7 Å². The third-order valence-corrected chi connectivity index (χ3v) is 6.37. The first-order valence-corrected chi connectivity index (χ1v) is 9.77. The number of hydrogen-bond donors (Lipinski definition) is 1. The van der Waals surface area contributed by atoms with Crippen LogP contribution in [0.2, 0.25) is 4.34 Å². The summed E-state index contributed by atoms with van der Waals surface area (Å²) in [7, 11) is 0. The minimum atomic E-state index is 0.347. The summed E-state index contributed by atoms with van der Waals surface area (Å²) in [6, 6.07) is 1.98. The Labute approximate surface area is 156 Å². The summed E-state index contributed by atoms with van der Waals surface area (Å²) >= 11 is 13.4. The van der Waals surface area contributed by atoms with Gasteiger partial charge in [-0.25, -0.2) is 9.97 Å². The van der Waals surface area contributed by atoms with Gasteiger partial charge in [0.1, 0.15) is 10.2 Å². The third kappa shape index (κ3) is 4.09. The molecule has 2 heterocycles. The van der Waals surface area contributed by atoms with Gasteiger partial charge in [0.25, 0.3) is 0 Å².